The summed E-state index contributed by atoms with van der Waals surface area (Å²) in [4.78, 5) is 5.32. The highest BCUT2D eigenvalue weighted by Crippen LogP contribution is 2.57. The average molecular weight is 875 g/mol. The molecule has 67 heavy (non-hydrogen) atoms. The van der Waals surface area contributed by atoms with Gasteiger partial charge in [0, 0.05) is 44.7 Å². The molecule has 13 rings (SSSR count). The van der Waals surface area contributed by atoms with Crippen LogP contribution in [0.25, 0.3) is 21.9 Å². The molecule has 334 valence electrons. The first-order valence-corrected chi connectivity index (χ1v) is 24.9. The average Bonchev–Trinajstić information content (AvgIpc) is 3.81. The number of hydrogen-bond acceptors (Lipinski definition) is 3. The standard InChI is InChI=1S/C63H63BN2O/c1-36-27-52-57-53(28-36)66(49-22-18-24-55-56(49)38-19-14-17-23-54(38)67-55)51-33-46-45(62(10,11)40-20-15-16-21-41(40)63(46,12)13)31-48(51)64(57)47-30-43-44(61(8,9)35-60(43,6)7)32-50(47)65(52)37-25-26-39-42(29-37)59(4,5)34-58(39,2)3/h14-33H,34-35H2,1-13H3. The smallest absolute Gasteiger partial charge is 0.252 e. The third-order valence-corrected chi connectivity index (χ3v) is 17.7. The molecule has 0 fully saturated rings. The van der Waals surface area contributed by atoms with E-state index < -0.39 is 0 Å². The second kappa shape index (κ2) is 12.8. The fraction of sp³-hybridized carbons (Fsp3) is 0.333. The molecule has 0 spiro atoms. The number of anilines is 6. The summed E-state index contributed by atoms with van der Waals surface area (Å²) in [5, 5.41) is 2.29. The minimum atomic E-state index is -0.220. The van der Waals surface area contributed by atoms with Crippen molar-refractivity contribution in [2.24, 2.45) is 0 Å². The molecule has 0 saturated heterocycles. The van der Waals surface area contributed by atoms with Crippen LogP contribution >= 0.6 is 0 Å². The molecule has 0 amide bonds. The van der Waals surface area contributed by atoms with Crippen molar-refractivity contribution in [3.8, 4) is 0 Å². The van der Waals surface area contributed by atoms with Gasteiger partial charge in [0.25, 0.3) is 6.71 Å². The van der Waals surface area contributed by atoms with Crippen molar-refractivity contribution in [1.82, 2.24) is 0 Å². The number of hydrogen-bond donors (Lipinski definition) is 0. The van der Waals surface area contributed by atoms with E-state index in [0.29, 0.717) is 0 Å². The Morgan fingerprint density at radius 3 is 1.60 bits per heavy atom. The van der Waals surface area contributed by atoms with E-state index in [1.807, 2.05) is 0 Å². The minimum absolute atomic E-state index is 0.000562. The van der Waals surface area contributed by atoms with Gasteiger partial charge in [-0.05, 0) is 162 Å². The van der Waals surface area contributed by atoms with Crippen LogP contribution in [-0.2, 0) is 32.5 Å². The first-order chi connectivity index (χ1) is 31.6. The number of benzene rings is 7. The van der Waals surface area contributed by atoms with Gasteiger partial charge in [-0.2, -0.15) is 0 Å². The molecular formula is C63H63BN2O. The van der Waals surface area contributed by atoms with Crippen LogP contribution in [0.1, 0.15) is 146 Å². The third kappa shape index (κ3) is 5.31. The van der Waals surface area contributed by atoms with Crippen molar-refractivity contribution in [1.29, 1.82) is 0 Å². The molecule has 4 heteroatoms. The predicted molar refractivity (Wildman–Crippen MR) is 285 cm³/mol. The summed E-state index contributed by atoms with van der Waals surface area (Å²) in [7, 11) is 0. The topological polar surface area (TPSA) is 19.6 Å². The van der Waals surface area contributed by atoms with E-state index in [2.05, 4.69) is 221 Å². The van der Waals surface area contributed by atoms with Crippen LogP contribution in [0.4, 0.5) is 34.1 Å². The lowest BCUT2D eigenvalue weighted by Gasteiger charge is -2.48. The van der Waals surface area contributed by atoms with Gasteiger partial charge >= 0.3 is 0 Å². The summed E-state index contributed by atoms with van der Waals surface area (Å²) in [6.45, 7) is 31.8. The van der Waals surface area contributed by atoms with Crippen LogP contribution < -0.4 is 26.2 Å². The highest BCUT2D eigenvalue weighted by Gasteiger charge is 2.51. The van der Waals surface area contributed by atoms with E-state index in [-0.39, 0.29) is 39.2 Å². The van der Waals surface area contributed by atoms with E-state index in [1.165, 1.54) is 94.9 Å². The van der Waals surface area contributed by atoms with Gasteiger partial charge < -0.3 is 14.2 Å². The second-order valence-electron chi connectivity index (χ2n) is 24.9. The summed E-state index contributed by atoms with van der Waals surface area (Å²) in [6.07, 6.45) is 2.25. The van der Waals surface area contributed by atoms with E-state index in [0.717, 1.165) is 40.5 Å². The molecular weight excluding hydrogens is 812 g/mol. The third-order valence-electron chi connectivity index (χ3n) is 17.7. The molecule has 5 aliphatic rings. The molecule has 3 aliphatic carbocycles. The maximum absolute atomic E-state index is 6.68. The van der Waals surface area contributed by atoms with E-state index in [4.69, 9.17) is 4.42 Å². The number of aryl methyl sites for hydroxylation is 1. The largest absolute Gasteiger partial charge is 0.456 e. The summed E-state index contributed by atoms with van der Waals surface area (Å²) >= 11 is 0. The zero-order valence-electron chi connectivity index (χ0n) is 41.8. The predicted octanol–water partition coefficient (Wildman–Crippen LogP) is 14.9. The van der Waals surface area contributed by atoms with Crippen LogP contribution in [0.5, 0.6) is 0 Å². The lowest BCUT2D eigenvalue weighted by molar-refractivity contribution is 0.403. The monoisotopic (exact) mass is 875 g/mol. The first-order valence-electron chi connectivity index (χ1n) is 24.9. The normalized spacial score (nSPS) is 19.9. The van der Waals surface area contributed by atoms with Crippen LogP contribution in [-0.4, -0.2) is 6.71 Å². The SMILES string of the molecule is Cc1cc2c3c(c1)N(c1cccc4oc5ccccc5c14)c1cc4c(cc1B3c1cc3c(cc1N2c1ccc2c(c1)C(C)(C)CC2(C)C)C(C)(C)CC3(C)C)C(C)(C)c1ccccc1C4(C)C. The zero-order chi connectivity index (χ0) is 46.7. The molecule has 0 unspecified atom stereocenters. The van der Waals surface area contributed by atoms with Gasteiger partial charge in [-0.25, -0.2) is 0 Å². The Kier molecular flexibility index (Phi) is 7.84. The Hall–Kier alpha value is -6.00. The second-order valence-corrected chi connectivity index (χ2v) is 24.9. The molecule has 0 saturated carbocycles. The van der Waals surface area contributed by atoms with Crippen molar-refractivity contribution in [3.63, 3.8) is 0 Å². The quantitative estimate of drug-likeness (QED) is 0.161. The summed E-state index contributed by atoms with van der Waals surface area (Å²) in [5.74, 6) is 0. The van der Waals surface area contributed by atoms with Gasteiger partial charge in [0.2, 0.25) is 0 Å². The van der Waals surface area contributed by atoms with Crippen LogP contribution in [0.15, 0.2) is 126 Å². The molecule has 0 bridgehead atoms. The molecule has 0 atom stereocenters. The number of furan rings is 1. The molecule has 0 N–H and O–H groups in total. The van der Waals surface area contributed by atoms with E-state index in [9.17, 15) is 0 Å². The lowest BCUT2D eigenvalue weighted by Crippen LogP contribution is -2.62. The van der Waals surface area contributed by atoms with Gasteiger partial charge in [0.05, 0.1) is 11.1 Å². The number of fused-ring (bicyclic) bond motifs is 11. The van der Waals surface area contributed by atoms with Crippen LogP contribution in [0, 0.1) is 6.92 Å². The van der Waals surface area contributed by atoms with Crippen molar-refractivity contribution < 1.29 is 4.42 Å². The van der Waals surface area contributed by atoms with Crippen molar-refractivity contribution in [2.75, 3.05) is 9.80 Å². The molecule has 3 heterocycles. The summed E-state index contributed by atoms with van der Waals surface area (Å²) < 4.78 is 6.68. The fourth-order valence-electron chi connectivity index (χ4n) is 15.1. The molecule has 3 nitrogen and oxygen atoms in total. The maximum atomic E-state index is 6.68. The van der Waals surface area contributed by atoms with Gasteiger partial charge in [-0.1, -0.05) is 150 Å². The summed E-state index contributed by atoms with van der Waals surface area (Å²) in [6, 6.07) is 47.5. The van der Waals surface area contributed by atoms with Crippen LogP contribution in [0.2, 0.25) is 0 Å². The molecule has 2 aliphatic heterocycles. The Balaban J connectivity index is 1.18. The Bertz CT molecular complexity index is 3520. The zero-order valence-corrected chi connectivity index (χ0v) is 41.8. The number of nitrogens with zero attached hydrogens (tertiary/aromatic N) is 2. The maximum Gasteiger partial charge on any atom is 0.252 e. The van der Waals surface area contributed by atoms with Gasteiger partial charge in [-0.15, -0.1) is 0 Å². The van der Waals surface area contributed by atoms with Gasteiger partial charge in [0.15, 0.2) is 0 Å². The van der Waals surface area contributed by atoms with Crippen molar-refractivity contribution >= 4 is 79.2 Å². The molecule has 7 aromatic carbocycles. The number of para-hydroxylation sites is 1. The minimum Gasteiger partial charge on any atom is -0.456 e. The highest BCUT2D eigenvalue weighted by molar-refractivity contribution is 7.00. The molecule has 0 radical (unpaired) electrons. The first kappa shape index (κ1) is 41.2. The van der Waals surface area contributed by atoms with E-state index in [1.54, 1.807) is 0 Å². The highest BCUT2D eigenvalue weighted by atomic mass is 16.3. The van der Waals surface area contributed by atoms with Crippen LogP contribution in [0.3, 0.4) is 0 Å². The van der Waals surface area contributed by atoms with E-state index >= 15 is 0 Å². The summed E-state index contributed by atoms with van der Waals surface area (Å²) in [5.41, 5.74) is 26.2. The molecule has 8 aromatic rings. The van der Waals surface area contributed by atoms with Crippen molar-refractivity contribution in [3.05, 3.63) is 171 Å². The Morgan fingerprint density at radius 1 is 0.418 bits per heavy atom. The van der Waals surface area contributed by atoms with Gasteiger partial charge in [0.1, 0.15) is 11.2 Å². The Labute approximate surface area is 398 Å². The fourth-order valence-corrected chi connectivity index (χ4v) is 15.1. The Morgan fingerprint density at radius 2 is 0.925 bits per heavy atom. The van der Waals surface area contributed by atoms with Crippen molar-refractivity contribution in [2.45, 2.75) is 135 Å². The molecule has 1 aromatic heterocycles. The lowest BCUT2D eigenvalue weighted by atomic mass is 9.32. The van der Waals surface area contributed by atoms with Gasteiger partial charge in [-0.3, -0.25) is 0 Å². The number of rotatable bonds is 2.